The van der Waals surface area contributed by atoms with Crippen molar-refractivity contribution in [1.82, 2.24) is 14.7 Å². The van der Waals surface area contributed by atoms with Crippen LogP contribution in [0.3, 0.4) is 0 Å². The third-order valence-corrected chi connectivity index (χ3v) is 4.12. The number of rotatable bonds is 3. The highest BCUT2D eigenvalue weighted by molar-refractivity contribution is 6.04. The van der Waals surface area contributed by atoms with Crippen molar-refractivity contribution in [3.8, 4) is 0 Å². The van der Waals surface area contributed by atoms with Gasteiger partial charge in [0.15, 0.2) is 0 Å². The van der Waals surface area contributed by atoms with Gasteiger partial charge >= 0.3 is 6.03 Å². The zero-order valence-corrected chi connectivity index (χ0v) is 12.2. The van der Waals surface area contributed by atoms with Crippen LogP contribution in [0.25, 0.3) is 0 Å². The molecule has 0 N–H and O–H groups in total. The highest BCUT2D eigenvalue weighted by Gasteiger charge is 2.39. The molecule has 0 bridgehead atoms. The van der Waals surface area contributed by atoms with E-state index in [0.29, 0.717) is 6.54 Å². The van der Waals surface area contributed by atoms with Crippen molar-refractivity contribution < 1.29 is 18.8 Å². The van der Waals surface area contributed by atoms with Gasteiger partial charge in [-0.3, -0.25) is 14.5 Å². The predicted octanol–water partition coefficient (Wildman–Crippen LogP) is 0.993. The molecule has 116 valence electrons. The van der Waals surface area contributed by atoms with Crippen LogP contribution in [0.4, 0.5) is 9.18 Å². The molecule has 0 radical (unpaired) electrons. The van der Waals surface area contributed by atoms with E-state index in [-0.39, 0.29) is 36.8 Å². The summed E-state index contributed by atoms with van der Waals surface area (Å²) in [6.07, 6.45) is 0.791. The third-order valence-electron chi connectivity index (χ3n) is 4.12. The second-order valence-corrected chi connectivity index (χ2v) is 5.56. The fourth-order valence-corrected chi connectivity index (χ4v) is 2.77. The first kappa shape index (κ1) is 14.5. The zero-order valence-electron chi connectivity index (χ0n) is 12.2. The van der Waals surface area contributed by atoms with Crippen molar-refractivity contribution in [2.45, 2.75) is 12.5 Å². The first-order chi connectivity index (χ1) is 10.5. The van der Waals surface area contributed by atoms with Gasteiger partial charge in [0.2, 0.25) is 5.91 Å². The van der Waals surface area contributed by atoms with Crippen LogP contribution >= 0.6 is 0 Å². The van der Waals surface area contributed by atoms with Crippen LogP contribution in [0.5, 0.6) is 0 Å². The summed E-state index contributed by atoms with van der Waals surface area (Å²) in [5, 5.41) is 0. The van der Waals surface area contributed by atoms with E-state index in [1.165, 1.54) is 24.1 Å². The minimum atomic E-state index is -0.447. The van der Waals surface area contributed by atoms with Gasteiger partial charge in [-0.05, 0) is 24.1 Å². The van der Waals surface area contributed by atoms with Gasteiger partial charge in [-0.15, -0.1) is 0 Å². The van der Waals surface area contributed by atoms with Crippen molar-refractivity contribution in [2.24, 2.45) is 0 Å². The number of likely N-dealkylation sites (N-methyl/N-ethyl adjacent to an activating group) is 1. The molecule has 3 rings (SSSR count). The molecule has 22 heavy (non-hydrogen) atoms. The third kappa shape index (κ3) is 2.43. The second kappa shape index (κ2) is 5.40. The summed E-state index contributed by atoms with van der Waals surface area (Å²) < 4.78 is 13.0. The van der Waals surface area contributed by atoms with E-state index in [4.69, 9.17) is 0 Å². The normalized spacial score (nSPS) is 21.4. The van der Waals surface area contributed by atoms with E-state index in [1.54, 1.807) is 17.0 Å². The van der Waals surface area contributed by atoms with Crippen molar-refractivity contribution in [3.05, 3.63) is 35.6 Å². The van der Waals surface area contributed by atoms with Gasteiger partial charge in [-0.25, -0.2) is 9.18 Å². The highest BCUT2D eigenvalue weighted by atomic mass is 19.1. The molecule has 1 aromatic rings. The Balaban J connectivity index is 1.67. The van der Waals surface area contributed by atoms with Gasteiger partial charge in [0.1, 0.15) is 18.9 Å². The topological polar surface area (TPSA) is 60.9 Å². The van der Waals surface area contributed by atoms with Crippen molar-refractivity contribution in [2.75, 3.05) is 26.7 Å². The number of urea groups is 1. The lowest BCUT2D eigenvalue weighted by molar-refractivity contribution is -0.142. The summed E-state index contributed by atoms with van der Waals surface area (Å²) in [5.74, 6) is -0.950. The number of carbonyl (C=O) groups is 3. The maximum Gasteiger partial charge on any atom is 0.327 e. The number of likely N-dealkylation sites (tertiary alicyclic amines) is 1. The Bertz CT molecular complexity index is 631. The molecule has 2 heterocycles. The lowest BCUT2D eigenvalue weighted by atomic mass is 9.94. The fourth-order valence-electron chi connectivity index (χ4n) is 2.77. The summed E-state index contributed by atoms with van der Waals surface area (Å²) in [6.45, 7) is 0.347. The molecule has 4 amide bonds. The maximum atomic E-state index is 13.0. The van der Waals surface area contributed by atoms with Crippen molar-refractivity contribution in [1.29, 1.82) is 0 Å². The van der Waals surface area contributed by atoms with Crippen molar-refractivity contribution >= 4 is 17.8 Å². The number of imide groups is 1. The van der Waals surface area contributed by atoms with Crippen molar-refractivity contribution in [3.63, 3.8) is 0 Å². The van der Waals surface area contributed by atoms with Gasteiger partial charge in [0.05, 0.1) is 6.04 Å². The summed E-state index contributed by atoms with van der Waals surface area (Å²) in [6, 6.07) is 5.46. The molecule has 2 aliphatic rings. The van der Waals surface area contributed by atoms with E-state index in [9.17, 15) is 18.8 Å². The van der Waals surface area contributed by atoms with Crippen LogP contribution in [0.2, 0.25) is 0 Å². The SMILES string of the molecule is CN1CC(=O)N(CC(=O)N2CCC2c2ccc(F)cc2)C1=O. The molecule has 0 spiro atoms. The zero-order chi connectivity index (χ0) is 15.9. The molecule has 7 heteroatoms. The summed E-state index contributed by atoms with van der Waals surface area (Å²) >= 11 is 0. The smallest absolute Gasteiger partial charge is 0.327 e. The Morgan fingerprint density at radius 3 is 2.45 bits per heavy atom. The predicted molar refractivity (Wildman–Crippen MR) is 75.2 cm³/mol. The summed E-state index contributed by atoms with van der Waals surface area (Å²) in [4.78, 5) is 39.7. The van der Waals surface area contributed by atoms with E-state index >= 15 is 0 Å². The molecule has 2 aliphatic heterocycles. The lowest BCUT2D eigenvalue weighted by Crippen LogP contribution is -2.50. The molecular weight excluding hydrogens is 289 g/mol. The number of nitrogens with zero attached hydrogens (tertiary/aromatic N) is 3. The quantitative estimate of drug-likeness (QED) is 0.783. The first-order valence-corrected chi connectivity index (χ1v) is 7.08. The monoisotopic (exact) mass is 305 g/mol. The second-order valence-electron chi connectivity index (χ2n) is 5.56. The van der Waals surface area contributed by atoms with E-state index in [2.05, 4.69) is 0 Å². The largest absolute Gasteiger partial charge is 0.334 e. The molecule has 1 atom stereocenters. The Morgan fingerprint density at radius 1 is 1.27 bits per heavy atom. The number of halogens is 1. The summed E-state index contributed by atoms with van der Waals surface area (Å²) in [5.41, 5.74) is 0.859. The van der Waals surface area contributed by atoms with Gasteiger partial charge in [-0.1, -0.05) is 12.1 Å². The molecule has 1 unspecified atom stereocenters. The van der Waals surface area contributed by atoms with E-state index < -0.39 is 6.03 Å². The first-order valence-electron chi connectivity index (χ1n) is 7.08. The average Bonchev–Trinajstić information content (AvgIpc) is 2.67. The van der Waals surface area contributed by atoms with Crippen LogP contribution in [0, 0.1) is 5.82 Å². The molecule has 0 aromatic heterocycles. The Morgan fingerprint density at radius 2 is 1.95 bits per heavy atom. The number of carbonyl (C=O) groups excluding carboxylic acids is 3. The highest BCUT2D eigenvalue weighted by Crippen LogP contribution is 2.33. The standard InChI is InChI=1S/C15H16FN3O3/c1-17-8-13(20)19(15(17)22)9-14(21)18-7-6-12(18)10-2-4-11(16)5-3-10/h2-5,12H,6-9H2,1H3. The molecule has 0 aliphatic carbocycles. The minimum absolute atomic E-state index is 0.00744. The van der Waals surface area contributed by atoms with Crippen LogP contribution in [-0.4, -0.2) is 59.2 Å². The molecular formula is C15H16FN3O3. The Labute approximate surface area is 127 Å². The average molecular weight is 305 g/mol. The molecule has 6 nitrogen and oxygen atoms in total. The van der Waals surface area contributed by atoms with Gasteiger partial charge < -0.3 is 9.80 Å². The number of hydrogen-bond donors (Lipinski definition) is 0. The fraction of sp³-hybridized carbons (Fsp3) is 0.400. The van der Waals surface area contributed by atoms with Gasteiger partial charge in [0, 0.05) is 13.6 Å². The number of hydrogen-bond acceptors (Lipinski definition) is 3. The van der Waals surface area contributed by atoms with E-state index in [1.807, 2.05) is 0 Å². The van der Waals surface area contributed by atoms with Crippen LogP contribution in [0.1, 0.15) is 18.0 Å². The van der Waals surface area contributed by atoms with Crippen LogP contribution in [0.15, 0.2) is 24.3 Å². The number of benzene rings is 1. The molecule has 0 saturated carbocycles. The lowest BCUT2D eigenvalue weighted by Gasteiger charge is -2.41. The molecule has 2 saturated heterocycles. The molecule has 1 aromatic carbocycles. The van der Waals surface area contributed by atoms with Crippen LogP contribution < -0.4 is 0 Å². The van der Waals surface area contributed by atoms with Crippen LogP contribution in [-0.2, 0) is 9.59 Å². The van der Waals surface area contributed by atoms with E-state index in [0.717, 1.165) is 16.9 Å². The number of amides is 4. The summed E-state index contributed by atoms with van der Waals surface area (Å²) in [7, 11) is 1.52. The molecule has 2 fully saturated rings. The Hall–Kier alpha value is -2.44. The minimum Gasteiger partial charge on any atom is -0.334 e. The van der Waals surface area contributed by atoms with Gasteiger partial charge in [-0.2, -0.15) is 0 Å². The Kier molecular flexibility index (Phi) is 3.56. The van der Waals surface area contributed by atoms with Gasteiger partial charge in [0.25, 0.3) is 5.91 Å². The maximum absolute atomic E-state index is 13.0.